The van der Waals surface area contributed by atoms with Crippen molar-refractivity contribution in [2.24, 2.45) is 11.7 Å². The van der Waals surface area contributed by atoms with Gasteiger partial charge in [-0.3, -0.25) is 4.79 Å². The van der Waals surface area contributed by atoms with Crippen LogP contribution in [0, 0.1) is 5.92 Å². The molecule has 1 heterocycles. The Labute approximate surface area is 97.1 Å². The molecule has 0 aromatic rings. The van der Waals surface area contributed by atoms with Crippen LogP contribution < -0.4 is 5.73 Å². The van der Waals surface area contributed by atoms with Gasteiger partial charge >= 0.3 is 0 Å². The third kappa shape index (κ3) is 2.55. The highest BCUT2D eigenvalue weighted by molar-refractivity contribution is 5.79. The molecule has 4 heteroatoms. The highest BCUT2D eigenvalue weighted by atomic mass is 16.5. The molecule has 1 amide bonds. The fourth-order valence-corrected chi connectivity index (χ4v) is 2.69. The van der Waals surface area contributed by atoms with E-state index in [1.54, 1.807) is 0 Å². The fraction of sp³-hybridized carbons (Fsp3) is 0.917. The molecule has 0 aromatic carbocycles. The number of carbonyl (C=O) groups excluding carboxylic acids is 1. The van der Waals surface area contributed by atoms with Crippen molar-refractivity contribution in [2.45, 2.75) is 44.2 Å². The number of ether oxygens (including phenoxy) is 1. The number of nitrogens with zero attached hydrogens (tertiary/aromatic N) is 1. The van der Waals surface area contributed by atoms with E-state index < -0.39 is 0 Å². The number of carbonyl (C=O) groups is 1. The molecule has 4 nitrogen and oxygen atoms in total. The van der Waals surface area contributed by atoms with Crippen molar-refractivity contribution in [1.82, 2.24) is 4.90 Å². The van der Waals surface area contributed by atoms with Gasteiger partial charge in [0, 0.05) is 25.7 Å². The zero-order valence-electron chi connectivity index (χ0n) is 10.0. The molecule has 2 N–H and O–H groups in total. The molecule has 1 saturated carbocycles. The van der Waals surface area contributed by atoms with Gasteiger partial charge in [-0.05, 0) is 32.1 Å². The lowest BCUT2D eigenvalue weighted by molar-refractivity contribution is -0.136. The molecule has 1 atom stereocenters. The summed E-state index contributed by atoms with van der Waals surface area (Å²) in [6, 6.07) is 0.738. The van der Waals surface area contributed by atoms with Gasteiger partial charge in [0.25, 0.3) is 0 Å². The van der Waals surface area contributed by atoms with Crippen LogP contribution in [-0.4, -0.2) is 43.2 Å². The topological polar surface area (TPSA) is 55.6 Å². The SMILES string of the molecule is CN(C(=O)C1CCOC1)C1CCC(N)CC1. The lowest BCUT2D eigenvalue weighted by atomic mass is 9.90. The van der Waals surface area contributed by atoms with E-state index in [1.165, 1.54) is 0 Å². The van der Waals surface area contributed by atoms with Crippen LogP contribution in [0.2, 0.25) is 0 Å². The Hall–Kier alpha value is -0.610. The molecule has 1 saturated heterocycles. The third-order valence-electron chi connectivity index (χ3n) is 3.92. The van der Waals surface area contributed by atoms with Crippen molar-refractivity contribution in [2.75, 3.05) is 20.3 Å². The number of hydrogen-bond acceptors (Lipinski definition) is 3. The molecule has 16 heavy (non-hydrogen) atoms. The second-order valence-corrected chi connectivity index (χ2v) is 5.08. The van der Waals surface area contributed by atoms with E-state index in [4.69, 9.17) is 10.5 Å². The third-order valence-corrected chi connectivity index (χ3v) is 3.92. The molecule has 2 fully saturated rings. The molecule has 1 aliphatic carbocycles. The number of rotatable bonds is 2. The summed E-state index contributed by atoms with van der Waals surface area (Å²) in [5.41, 5.74) is 5.87. The molecule has 0 bridgehead atoms. The van der Waals surface area contributed by atoms with Crippen LogP contribution in [0.3, 0.4) is 0 Å². The van der Waals surface area contributed by atoms with Gasteiger partial charge in [0.15, 0.2) is 0 Å². The van der Waals surface area contributed by atoms with Gasteiger partial charge < -0.3 is 15.4 Å². The van der Waals surface area contributed by atoms with Crippen molar-refractivity contribution in [3.8, 4) is 0 Å². The molecular weight excluding hydrogens is 204 g/mol. The molecule has 0 radical (unpaired) electrons. The zero-order chi connectivity index (χ0) is 11.5. The van der Waals surface area contributed by atoms with Gasteiger partial charge in [0.2, 0.25) is 5.91 Å². The molecule has 0 spiro atoms. The maximum atomic E-state index is 12.1. The lowest BCUT2D eigenvalue weighted by Gasteiger charge is -2.34. The Morgan fingerprint density at radius 3 is 2.50 bits per heavy atom. The van der Waals surface area contributed by atoms with Crippen molar-refractivity contribution in [1.29, 1.82) is 0 Å². The standard InChI is InChI=1S/C12H22N2O2/c1-14(11-4-2-10(13)3-5-11)12(15)9-6-7-16-8-9/h9-11H,2-8,13H2,1H3. The van der Waals surface area contributed by atoms with Crippen LogP contribution in [0.1, 0.15) is 32.1 Å². The second kappa shape index (κ2) is 5.15. The van der Waals surface area contributed by atoms with E-state index in [0.717, 1.165) is 38.7 Å². The minimum absolute atomic E-state index is 0.0978. The first-order valence-corrected chi connectivity index (χ1v) is 6.28. The first-order chi connectivity index (χ1) is 7.68. The maximum Gasteiger partial charge on any atom is 0.228 e. The summed E-state index contributed by atoms with van der Waals surface area (Å²) in [4.78, 5) is 14.1. The molecule has 0 aromatic heterocycles. The van der Waals surface area contributed by atoms with Crippen molar-refractivity contribution in [3.05, 3.63) is 0 Å². The average molecular weight is 226 g/mol. The quantitative estimate of drug-likeness (QED) is 0.756. The number of amides is 1. The second-order valence-electron chi connectivity index (χ2n) is 5.08. The molecule has 1 aliphatic heterocycles. The van der Waals surface area contributed by atoms with Crippen LogP contribution in [0.15, 0.2) is 0 Å². The highest BCUT2D eigenvalue weighted by Crippen LogP contribution is 2.24. The predicted molar refractivity (Wildman–Crippen MR) is 61.9 cm³/mol. The van der Waals surface area contributed by atoms with Crippen LogP contribution in [0.4, 0.5) is 0 Å². The number of hydrogen-bond donors (Lipinski definition) is 1. The normalized spacial score (nSPS) is 35.0. The molecule has 2 aliphatic rings. The molecule has 2 rings (SSSR count). The van der Waals surface area contributed by atoms with Crippen molar-refractivity contribution >= 4 is 5.91 Å². The smallest absolute Gasteiger partial charge is 0.228 e. The summed E-state index contributed by atoms with van der Waals surface area (Å²) in [5, 5.41) is 0. The van der Waals surface area contributed by atoms with Gasteiger partial charge in [-0.2, -0.15) is 0 Å². The van der Waals surface area contributed by atoms with E-state index >= 15 is 0 Å². The van der Waals surface area contributed by atoms with Gasteiger partial charge in [-0.1, -0.05) is 0 Å². The van der Waals surface area contributed by atoms with Gasteiger partial charge in [0.1, 0.15) is 0 Å². The van der Waals surface area contributed by atoms with Gasteiger partial charge in [-0.15, -0.1) is 0 Å². The van der Waals surface area contributed by atoms with Crippen LogP contribution in [0.25, 0.3) is 0 Å². The van der Waals surface area contributed by atoms with Crippen molar-refractivity contribution in [3.63, 3.8) is 0 Å². The van der Waals surface area contributed by atoms with E-state index in [0.29, 0.717) is 18.7 Å². The zero-order valence-corrected chi connectivity index (χ0v) is 10.0. The Morgan fingerprint density at radius 1 is 1.25 bits per heavy atom. The molecule has 1 unspecified atom stereocenters. The Balaban J connectivity index is 1.86. The first kappa shape index (κ1) is 11.9. The van der Waals surface area contributed by atoms with Crippen molar-refractivity contribution < 1.29 is 9.53 Å². The average Bonchev–Trinajstić information content (AvgIpc) is 2.81. The summed E-state index contributed by atoms with van der Waals surface area (Å²) in [7, 11) is 1.93. The monoisotopic (exact) mass is 226 g/mol. The summed E-state index contributed by atoms with van der Waals surface area (Å²) in [6.07, 6.45) is 5.08. The summed E-state index contributed by atoms with van der Waals surface area (Å²) in [6.45, 7) is 1.34. The summed E-state index contributed by atoms with van der Waals surface area (Å²) in [5.74, 6) is 0.360. The minimum atomic E-state index is 0.0978. The Bertz CT molecular complexity index is 243. The Kier molecular flexibility index (Phi) is 3.82. The van der Waals surface area contributed by atoms with Gasteiger partial charge in [-0.25, -0.2) is 0 Å². The van der Waals surface area contributed by atoms with E-state index in [1.807, 2.05) is 11.9 Å². The Morgan fingerprint density at radius 2 is 1.94 bits per heavy atom. The van der Waals surface area contributed by atoms with Crippen LogP contribution >= 0.6 is 0 Å². The van der Waals surface area contributed by atoms with E-state index in [2.05, 4.69) is 0 Å². The predicted octanol–water partition coefficient (Wildman–Crippen LogP) is 0.751. The molecule has 92 valence electrons. The van der Waals surface area contributed by atoms with E-state index in [-0.39, 0.29) is 11.8 Å². The largest absolute Gasteiger partial charge is 0.381 e. The lowest BCUT2D eigenvalue weighted by Crippen LogP contribution is -2.44. The fourth-order valence-electron chi connectivity index (χ4n) is 2.69. The maximum absolute atomic E-state index is 12.1. The van der Waals surface area contributed by atoms with Gasteiger partial charge in [0.05, 0.1) is 12.5 Å². The first-order valence-electron chi connectivity index (χ1n) is 6.28. The summed E-state index contributed by atoms with van der Waals surface area (Å²) < 4.78 is 5.27. The number of nitrogens with two attached hydrogens (primary N) is 1. The van der Waals surface area contributed by atoms with E-state index in [9.17, 15) is 4.79 Å². The summed E-state index contributed by atoms with van der Waals surface area (Å²) >= 11 is 0. The van der Waals surface area contributed by atoms with Crippen LogP contribution in [-0.2, 0) is 9.53 Å². The minimum Gasteiger partial charge on any atom is -0.381 e. The molecular formula is C12H22N2O2. The highest BCUT2D eigenvalue weighted by Gasteiger charge is 2.31. The van der Waals surface area contributed by atoms with Crippen LogP contribution in [0.5, 0.6) is 0 Å².